The van der Waals surface area contributed by atoms with E-state index < -0.39 is 0 Å². The minimum atomic E-state index is -0.188. The van der Waals surface area contributed by atoms with Crippen LogP contribution in [0.25, 0.3) is 0 Å². The highest BCUT2D eigenvalue weighted by molar-refractivity contribution is 5.68. The van der Waals surface area contributed by atoms with Crippen LogP contribution in [0.2, 0.25) is 0 Å². The van der Waals surface area contributed by atoms with Crippen LogP contribution in [0.1, 0.15) is 24.8 Å². The van der Waals surface area contributed by atoms with Crippen molar-refractivity contribution in [3.8, 4) is 0 Å². The molecule has 19 heavy (non-hydrogen) atoms. The molecule has 2 aliphatic rings. The Morgan fingerprint density at radius 2 is 2.16 bits per heavy atom. The molecule has 3 rings (SSSR count). The van der Waals surface area contributed by atoms with Gasteiger partial charge in [-0.2, -0.15) is 0 Å². The maximum Gasteiger partial charge on any atom is 0.410 e. The molecule has 2 aliphatic heterocycles. The fraction of sp³-hybridized carbons (Fsp3) is 0.533. The molecule has 4 nitrogen and oxygen atoms in total. The van der Waals surface area contributed by atoms with Gasteiger partial charge in [0.15, 0.2) is 0 Å². The van der Waals surface area contributed by atoms with Crippen LogP contribution in [-0.4, -0.2) is 36.3 Å². The quantitative estimate of drug-likeness (QED) is 0.782. The Kier molecular flexibility index (Phi) is 3.69. The van der Waals surface area contributed by atoms with E-state index in [9.17, 15) is 4.79 Å². The maximum atomic E-state index is 12.1. The molecule has 1 aromatic rings. The van der Waals surface area contributed by atoms with Crippen molar-refractivity contribution < 1.29 is 14.3 Å². The van der Waals surface area contributed by atoms with E-state index in [1.807, 2.05) is 35.2 Å². The fourth-order valence-electron chi connectivity index (χ4n) is 2.63. The van der Waals surface area contributed by atoms with Crippen molar-refractivity contribution in [1.29, 1.82) is 0 Å². The molecule has 0 aliphatic carbocycles. The van der Waals surface area contributed by atoms with Gasteiger partial charge in [-0.25, -0.2) is 4.79 Å². The van der Waals surface area contributed by atoms with Crippen LogP contribution >= 0.6 is 0 Å². The van der Waals surface area contributed by atoms with Gasteiger partial charge in [0.05, 0.1) is 12.7 Å². The van der Waals surface area contributed by atoms with E-state index in [1.54, 1.807) is 0 Å². The van der Waals surface area contributed by atoms with Crippen molar-refractivity contribution in [3.63, 3.8) is 0 Å². The molecule has 2 atom stereocenters. The molecule has 0 radical (unpaired) electrons. The van der Waals surface area contributed by atoms with Gasteiger partial charge in [0, 0.05) is 12.6 Å². The predicted octanol–water partition coefficient (Wildman–Crippen LogP) is 2.58. The van der Waals surface area contributed by atoms with E-state index in [1.165, 1.54) is 0 Å². The fourth-order valence-corrected chi connectivity index (χ4v) is 2.63. The molecular formula is C15H19NO3. The average Bonchev–Trinajstić information content (AvgIpc) is 3.13. The zero-order chi connectivity index (χ0) is 13.1. The van der Waals surface area contributed by atoms with Crippen LogP contribution < -0.4 is 0 Å². The number of hydrogen-bond acceptors (Lipinski definition) is 3. The first-order chi connectivity index (χ1) is 9.33. The van der Waals surface area contributed by atoms with Crippen molar-refractivity contribution in [1.82, 2.24) is 4.90 Å². The first-order valence-corrected chi connectivity index (χ1v) is 6.92. The van der Waals surface area contributed by atoms with E-state index in [-0.39, 0.29) is 6.09 Å². The van der Waals surface area contributed by atoms with Gasteiger partial charge < -0.3 is 14.4 Å². The van der Waals surface area contributed by atoms with Gasteiger partial charge in [-0.15, -0.1) is 0 Å². The van der Waals surface area contributed by atoms with Crippen molar-refractivity contribution >= 4 is 6.09 Å². The first-order valence-electron chi connectivity index (χ1n) is 6.92. The van der Waals surface area contributed by atoms with Gasteiger partial charge >= 0.3 is 6.09 Å². The molecule has 102 valence electrons. The number of epoxide rings is 1. The summed E-state index contributed by atoms with van der Waals surface area (Å²) in [5.74, 6) is 0. The number of hydrogen-bond donors (Lipinski definition) is 0. The Labute approximate surface area is 113 Å². The van der Waals surface area contributed by atoms with Gasteiger partial charge in [0.2, 0.25) is 0 Å². The monoisotopic (exact) mass is 261 g/mol. The standard InChI is InChI=1S/C15H19NO3/c17-15(19-10-12-5-2-1-3-6-12)16-8-4-7-13(16)9-14-11-18-14/h1-3,5-6,13-14H,4,7-11H2/t13-,14+/m0/s1. The minimum absolute atomic E-state index is 0.188. The van der Waals surface area contributed by atoms with Crippen LogP contribution in [0.3, 0.4) is 0 Å². The molecule has 1 amide bonds. The highest BCUT2D eigenvalue weighted by Gasteiger charge is 2.35. The highest BCUT2D eigenvalue weighted by Crippen LogP contribution is 2.27. The summed E-state index contributed by atoms with van der Waals surface area (Å²) in [5, 5.41) is 0. The molecule has 0 saturated carbocycles. The summed E-state index contributed by atoms with van der Waals surface area (Å²) in [6, 6.07) is 10.1. The number of likely N-dealkylation sites (tertiary alicyclic amines) is 1. The second-order valence-electron chi connectivity index (χ2n) is 5.22. The summed E-state index contributed by atoms with van der Waals surface area (Å²) in [4.78, 5) is 14.0. The Morgan fingerprint density at radius 3 is 2.89 bits per heavy atom. The zero-order valence-electron chi connectivity index (χ0n) is 11.0. The van der Waals surface area contributed by atoms with Crippen LogP contribution in [-0.2, 0) is 16.1 Å². The van der Waals surface area contributed by atoms with Crippen molar-refractivity contribution in [2.24, 2.45) is 0 Å². The lowest BCUT2D eigenvalue weighted by Gasteiger charge is -2.23. The van der Waals surface area contributed by atoms with Crippen molar-refractivity contribution in [3.05, 3.63) is 35.9 Å². The number of carbonyl (C=O) groups is 1. The van der Waals surface area contributed by atoms with Crippen LogP contribution in [0.5, 0.6) is 0 Å². The van der Waals surface area contributed by atoms with Gasteiger partial charge in [-0.3, -0.25) is 0 Å². The zero-order valence-corrected chi connectivity index (χ0v) is 11.0. The predicted molar refractivity (Wildman–Crippen MR) is 70.7 cm³/mol. The summed E-state index contributed by atoms with van der Waals surface area (Å²) in [6.45, 7) is 2.01. The number of amides is 1. The van der Waals surface area contributed by atoms with E-state index in [0.29, 0.717) is 18.8 Å². The van der Waals surface area contributed by atoms with E-state index in [4.69, 9.17) is 9.47 Å². The lowest BCUT2D eigenvalue weighted by molar-refractivity contribution is 0.0896. The molecule has 0 spiro atoms. The number of ether oxygens (including phenoxy) is 2. The third kappa shape index (κ3) is 3.26. The topological polar surface area (TPSA) is 42.1 Å². The minimum Gasteiger partial charge on any atom is -0.445 e. The number of benzene rings is 1. The van der Waals surface area contributed by atoms with Crippen LogP contribution in [0.4, 0.5) is 4.79 Å². The van der Waals surface area contributed by atoms with E-state index in [2.05, 4.69) is 0 Å². The number of carbonyl (C=O) groups excluding carboxylic acids is 1. The van der Waals surface area contributed by atoms with Gasteiger partial charge in [0.25, 0.3) is 0 Å². The second-order valence-corrected chi connectivity index (χ2v) is 5.22. The summed E-state index contributed by atoms with van der Waals surface area (Å²) in [7, 11) is 0. The molecule has 0 unspecified atom stereocenters. The summed E-state index contributed by atoms with van der Waals surface area (Å²) >= 11 is 0. The molecule has 0 bridgehead atoms. The Balaban J connectivity index is 1.51. The Morgan fingerprint density at radius 1 is 1.37 bits per heavy atom. The first kappa shape index (κ1) is 12.5. The highest BCUT2D eigenvalue weighted by atomic mass is 16.6. The van der Waals surface area contributed by atoms with E-state index in [0.717, 1.165) is 38.0 Å². The maximum absolute atomic E-state index is 12.1. The summed E-state index contributed by atoms with van der Waals surface area (Å²) in [6.07, 6.45) is 3.28. The normalized spacial score (nSPS) is 25.4. The SMILES string of the molecule is O=C(OCc1ccccc1)N1CCC[C@H]1C[C@@H]1CO1. The average molecular weight is 261 g/mol. The largest absolute Gasteiger partial charge is 0.445 e. The second kappa shape index (κ2) is 5.61. The Bertz CT molecular complexity index is 430. The van der Waals surface area contributed by atoms with Gasteiger partial charge in [0.1, 0.15) is 6.61 Å². The summed E-state index contributed by atoms with van der Waals surface area (Å²) < 4.78 is 10.6. The molecule has 2 heterocycles. The van der Waals surface area contributed by atoms with Gasteiger partial charge in [-0.1, -0.05) is 30.3 Å². The molecular weight excluding hydrogens is 242 g/mol. The molecule has 0 aromatic heterocycles. The summed E-state index contributed by atoms with van der Waals surface area (Å²) in [5.41, 5.74) is 1.03. The lowest BCUT2D eigenvalue weighted by Crippen LogP contribution is -2.36. The number of nitrogens with zero attached hydrogens (tertiary/aromatic N) is 1. The van der Waals surface area contributed by atoms with Crippen molar-refractivity contribution in [2.75, 3.05) is 13.2 Å². The molecule has 2 saturated heterocycles. The van der Waals surface area contributed by atoms with E-state index >= 15 is 0 Å². The molecule has 4 heteroatoms. The molecule has 1 aromatic carbocycles. The number of rotatable bonds is 4. The molecule has 2 fully saturated rings. The van der Waals surface area contributed by atoms with Crippen LogP contribution in [0, 0.1) is 0 Å². The lowest BCUT2D eigenvalue weighted by atomic mass is 10.1. The third-order valence-electron chi connectivity index (χ3n) is 3.75. The third-order valence-corrected chi connectivity index (χ3v) is 3.75. The Hall–Kier alpha value is -1.55. The smallest absolute Gasteiger partial charge is 0.410 e. The van der Waals surface area contributed by atoms with Crippen molar-refractivity contribution in [2.45, 2.75) is 38.0 Å². The van der Waals surface area contributed by atoms with Crippen LogP contribution in [0.15, 0.2) is 30.3 Å². The molecule has 0 N–H and O–H groups in total. The van der Waals surface area contributed by atoms with Gasteiger partial charge in [-0.05, 0) is 24.8 Å².